The van der Waals surface area contributed by atoms with E-state index >= 15 is 0 Å². The number of H-pyrrole nitrogens is 1. The molecule has 1 N–H and O–H groups in total. The fourth-order valence-electron chi connectivity index (χ4n) is 6.87. The molecule has 0 unspecified atom stereocenters. The van der Waals surface area contributed by atoms with Gasteiger partial charge in [0, 0.05) is 39.8 Å². The van der Waals surface area contributed by atoms with Gasteiger partial charge in [-0.05, 0) is 114 Å². The molecule has 0 aliphatic carbocycles. The van der Waals surface area contributed by atoms with Crippen molar-refractivity contribution in [1.29, 1.82) is 0 Å². The van der Waals surface area contributed by atoms with Crippen LogP contribution in [0.4, 0.5) is 0 Å². The molecule has 4 aromatic carbocycles. The van der Waals surface area contributed by atoms with Gasteiger partial charge < -0.3 is 4.98 Å². The lowest BCUT2D eigenvalue weighted by molar-refractivity contribution is 1.24. The number of fused-ring (bicyclic) bond motifs is 2. The molecule has 49 heavy (non-hydrogen) atoms. The van der Waals surface area contributed by atoms with Gasteiger partial charge in [0.15, 0.2) is 0 Å². The van der Waals surface area contributed by atoms with Crippen molar-refractivity contribution in [3.05, 3.63) is 212 Å². The lowest BCUT2D eigenvalue weighted by Crippen LogP contribution is -2.19. The van der Waals surface area contributed by atoms with Crippen molar-refractivity contribution in [2.24, 2.45) is 4.99 Å². The Balaban J connectivity index is 1.47. The highest BCUT2D eigenvalue weighted by Gasteiger charge is 2.19. The molecule has 6 heterocycles. The third-order valence-electron chi connectivity index (χ3n) is 9.80. The first kappa shape index (κ1) is 30.3. The number of hydrogen-bond acceptors (Lipinski definition) is 2. The number of allylic oxidation sites excluding steroid dienone is 4. The van der Waals surface area contributed by atoms with Crippen LogP contribution in [0.1, 0.15) is 63.9 Å². The Hall–Kier alpha value is -6.06. The minimum Gasteiger partial charge on any atom is -0.354 e. The third kappa shape index (κ3) is 5.74. The largest absolute Gasteiger partial charge is 0.354 e. The van der Waals surface area contributed by atoms with Crippen LogP contribution in [0.15, 0.2) is 157 Å². The van der Waals surface area contributed by atoms with Crippen molar-refractivity contribution in [2.75, 3.05) is 0 Å². The Morgan fingerprint density at radius 1 is 0.388 bits per heavy atom. The van der Waals surface area contributed by atoms with Crippen molar-refractivity contribution in [1.82, 2.24) is 9.97 Å². The quantitative estimate of drug-likeness (QED) is 0.208. The first-order valence-electron chi connectivity index (χ1n) is 16.8. The summed E-state index contributed by atoms with van der Waals surface area (Å²) in [5.41, 5.74) is 18.2. The van der Waals surface area contributed by atoms with Gasteiger partial charge in [-0.2, -0.15) is 0 Å². The summed E-state index contributed by atoms with van der Waals surface area (Å²) in [4.78, 5) is 13.5. The normalized spacial score (nSPS) is 19.5. The Kier molecular flexibility index (Phi) is 7.74. The summed E-state index contributed by atoms with van der Waals surface area (Å²) in [6.07, 6.45) is 7.99. The van der Waals surface area contributed by atoms with E-state index in [1.165, 1.54) is 33.4 Å². The highest BCUT2D eigenvalue weighted by Crippen LogP contribution is 2.34. The maximum atomic E-state index is 5.37. The van der Waals surface area contributed by atoms with Gasteiger partial charge in [-0.25, -0.2) is 4.99 Å². The first-order valence-corrected chi connectivity index (χ1v) is 16.8. The van der Waals surface area contributed by atoms with E-state index < -0.39 is 0 Å². The molecule has 8 bridgehead atoms. The van der Waals surface area contributed by atoms with Crippen LogP contribution >= 0.6 is 0 Å². The topological polar surface area (TPSA) is 41.0 Å². The summed E-state index contributed by atoms with van der Waals surface area (Å²) in [6.45, 7) is 8.70. The van der Waals surface area contributed by atoms with Crippen LogP contribution in [0, 0.1) is 13.8 Å². The Morgan fingerprint density at radius 3 is 1.31 bits per heavy atom. The van der Waals surface area contributed by atoms with Crippen molar-refractivity contribution >= 4 is 33.6 Å². The van der Waals surface area contributed by atoms with Crippen LogP contribution in [0.2, 0.25) is 0 Å². The number of hydrogen-bond donors (Lipinski definition) is 1. The molecule has 0 radical (unpaired) electrons. The maximum Gasteiger partial charge on any atom is 0.0737 e. The average Bonchev–Trinajstić information content (AvgIpc) is 3.81. The summed E-state index contributed by atoms with van der Waals surface area (Å²) in [7, 11) is 0. The molecular weight excluding hydrogens is 595 g/mol. The fraction of sp³-hybridized carbons (Fsp3) is 0.0870. The second-order valence-electron chi connectivity index (χ2n) is 13.0. The molecule has 0 saturated heterocycles. The fourth-order valence-corrected chi connectivity index (χ4v) is 6.87. The molecule has 2 aromatic heterocycles. The zero-order valence-corrected chi connectivity index (χ0v) is 28.3. The number of aryl methyl sites for hydroxylation is 2. The lowest BCUT2D eigenvalue weighted by atomic mass is 9.91. The maximum absolute atomic E-state index is 5.37. The van der Waals surface area contributed by atoms with Gasteiger partial charge in [0.1, 0.15) is 0 Å². The number of aliphatic imine (C=N–C) groups is 1. The van der Waals surface area contributed by atoms with Gasteiger partial charge in [-0.1, -0.05) is 108 Å². The second kappa shape index (κ2) is 12.5. The second-order valence-corrected chi connectivity index (χ2v) is 13.0. The van der Waals surface area contributed by atoms with Crippen LogP contribution in [0.25, 0.3) is 27.9 Å². The molecule has 4 aliphatic heterocycles. The summed E-state index contributed by atoms with van der Waals surface area (Å²) in [5, 5.41) is 2.05. The Labute approximate surface area is 287 Å². The van der Waals surface area contributed by atoms with E-state index in [-0.39, 0.29) is 0 Å². The van der Waals surface area contributed by atoms with Gasteiger partial charge in [-0.3, -0.25) is 4.98 Å². The van der Waals surface area contributed by atoms with Crippen LogP contribution < -0.4 is 10.7 Å². The molecule has 4 aliphatic rings. The number of nitrogens with zero attached hydrogens (tertiary/aromatic N) is 2. The molecule has 0 saturated carbocycles. The minimum atomic E-state index is 0.907. The molecule has 3 heteroatoms. The van der Waals surface area contributed by atoms with Crippen molar-refractivity contribution < 1.29 is 0 Å². The number of pyridine rings is 1. The molecule has 10 rings (SSSR count). The molecule has 3 nitrogen and oxygen atoms in total. The molecule has 236 valence electrons. The van der Waals surface area contributed by atoms with Crippen LogP contribution in [-0.4, -0.2) is 15.7 Å². The SMILES string of the molecule is C/C1=C(\C)c2ccc(cc2)/C(c2ccc(C)cc2)=c2/cc/c([nH]2)=C(\c2ccncc2)C2=N/C(=C(/c3ccc(C)cc3)c3ccc1cc3)C=C2. The smallest absolute Gasteiger partial charge is 0.0737 e. The van der Waals surface area contributed by atoms with Crippen LogP contribution in [0.5, 0.6) is 0 Å². The van der Waals surface area contributed by atoms with Crippen molar-refractivity contribution in [3.63, 3.8) is 0 Å². The van der Waals surface area contributed by atoms with E-state index in [1.807, 2.05) is 12.4 Å². The van der Waals surface area contributed by atoms with Crippen LogP contribution in [-0.2, 0) is 0 Å². The van der Waals surface area contributed by atoms with E-state index in [0.29, 0.717) is 0 Å². The predicted molar refractivity (Wildman–Crippen MR) is 204 cm³/mol. The van der Waals surface area contributed by atoms with Gasteiger partial charge in [0.2, 0.25) is 0 Å². The number of aromatic amines is 1. The number of nitrogens with one attached hydrogen (secondary N) is 1. The monoisotopic (exact) mass is 631 g/mol. The Bertz CT molecular complexity index is 2450. The van der Waals surface area contributed by atoms with Gasteiger partial charge in [-0.15, -0.1) is 0 Å². The van der Waals surface area contributed by atoms with Gasteiger partial charge >= 0.3 is 0 Å². The standard InChI is InChI=1S/C46H37N3/c1-29-5-9-35(10-6-29)44-37-17-13-33(14-18-37)31(3)32(4)34-15-19-38(20-16-34)45(36-11-7-30(2)8-12-36)41-22-24-43(49-41)46(39-25-27-47-28-26-39)42-23-21-40(44)48-42/h5-28,48H,1-4H3/b32-31-,33-31?,34-32?,44-37?,44-40-,45-38?,45-41-,46-42-,46-43?. The van der Waals surface area contributed by atoms with E-state index in [9.17, 15) is 0 Å². The zero-order valence-electron chi connectivity index (χ0n) is 28.3. The average molecular weight is 632 g/mol. The summed E-state index contributed by atoms with van der Waals surface area (Å²) in [5.74, 6) is 0. The van der Waals surface area contributed by atoms with Crippen LogP contribution in [0.3, 0.4) is 0 Å². The summed E-state index contributed by atoms with van der Waals surface area (Å²) in [6, 6.07) is 44.0. The van der Waals surface area contributed by atoms with Crippen molar-refractivity contribution in [2.45, 2.75) is 27.7 Å². The third-order valence-corrected chi connectivity index (χ3v) is 9.80. The number of aromatic nitrogens is 2. The molecule has 0 fully saturated rings. The molecule has 6 aromatic rings. The highest BCUT2D eigenvalue weighted by molar-refractivity contribution is 6.30. The van der Waals surface area contributed by atoms with Gasteiger partial charge in [0.05, 0.1) is 11.4 Å². The van der Waals surface area contributed by atoms with E-state index in [1.54, 1.807) is 0 Å². The summed E-state index contributed by atoms with van der Waals surface area (Å²) >= 11 is 0. The van der Waals surface area contributed by atoms with Crippen molar-refractivity contribution in [3.8, 4) is 0 Å². The highest BCUT2D eigenvalue weighted by atomic mass is 14.8. The Morgan fingerprint density at radius 2 is 0.796 bits per heavy atom. The molecule has 0 atom stereocenters. The van der Waals surface area contributed by atoms with E-state index in [2.05, 4.69) is 171 Å². The molecule has 0 spiro atoms. The molecular formula is C46H37N3. The first-order chi connectivity index (χ1) is 23.9. The van der Waals surface area contributed by atoms with E-state index in [0.717, 1.165) is 66.6 Å². The number of rotatable bonds is 3. The predicted octanol–water partition coefficient (Wildman–Crippen LogP) is 9.21. The number of benzene rings is 4. The minimum absolute atomic E-state index is 0.907. The zero-order chi connectivity index (χ0) is 33.5. The van der Waals surface area contributed by atoms with Gasteiger partial charge in [0.25, 0.3) is 0 Å². The lowest BCUT2D eigenvalue weighted by Gasteiger charge is -2.14. The molecule has 0 amide bonds. The van der Waals surface area contributed by atoms with E-state index in [4.69, 9.17) is 4.99 Å². The summed E-state index contributed by atoms with van der Waals surface area (Å²) < 4.78 is 0.